The second-order valence-electron chi connectivity index (χ2n) is 2.74. The minimum Gasteiger partial charge on any atom is -0.381 e. The standard InChI is InChI=1S/C9H15NO/c1-10-6-2-3-9-4-7-11-8-5-9/h9-10H,4-8H2,1H3. The molecule has 0 aromatic rings. The molecule has 0 aromatic heterocycles. The molecule has 0 amide bonds. The van der Waals surface area contributed by atoms with Crippen molar-refractivity contribution < 1.29 is 4.74 Å². The van der Waals surface area contributed by atoms with Gasteiger partial charge in [-0.1, -0.05) is 11.8 Å². The second-order valence-corrected chi connectivity index (χ2v) is 2.74. The van der Waals surface area contributed by atoms with E-state index in [9.17, 15) is 0 Å². The maximum Gasteiger partial charge on any atom is 0.0574 e. The Morgan fingerprint density at radius 2 is 2.18 bits per heavy atom. The maximum atomic E-state index is 5.22. The van der Waals surface area contributed by atoms with Crippen molar-refractivity contribution in [3.8, 4) is 11.8 Å². The third-order valence-corrected chi connectivity index (χ3v) is 1.79. The first-order valence-electron chi connectivity index (χ1n) is 4.14. The van der Waals surface area contributed by atoms with Gasteiger partial charge in [-0.3, -0.25) is 0 Å². The van der Waals surface area contributed by atoms with E-state index in [0.29, 0.717) is 5.92 Å². The van der Waals surface area contributed by atoms with Gasteiger partial charge in [0, 0.05) is 19.1 Å². The number of hydrogen-bond donors (Lipinski definition) is 1. The fourth-order valence-electron chi connectivity index (χ4n) is 1.13. The SMILES string of the molecule is CNCC#CC1CCOCC1. The number of nitrogens with one attached hydrogen (secondary N) is 1. The molecule has 1 aliphatic heterocycles. The molecule has 1 fully saturated rings. The fraction of sp³-hybridized carbons (Fsp3) is 0.778. The summed E-state index contributed by atoms with van der Waals surface area (Å²) in [6.45, 7) is 2.58. The highest BCUT2D eigenvalue weighted by atomic mass is 16.5. The molecule has 11 heavy (non-hydrogen) atoms. The highest BCUT2D eigenvalue weighted by Gasteiger charge is 2.09. The Balaban J connectivity index is 2.19. The lowest BCUT2D eigenvalue weighted by molar-refractivity contribution is 0.0807. The smallest absolute Gasteiger partial charge is 0.0574 e. The third-order valence-electron chi connectivity index (χ3n) is 1.79. The molecule has 1 rings (SSSR count). The van der Waals surface area contributed by atoms with Crippen molar-refractivity contribution in [3.63, 3.8) is 0 Å². The summed E-state index contributed by atoms with van der Waals surface area (Å²) in [5.41, 5.74) is 0. The van der Waals surface area contributed by atoms with Gasteiger partial charge in [0.2, 0.25) is 0 Å². The van der Waals surface area contributed by atoms with Crippen molar-refractivity contribution in [1.82, 2.24) is 5.32 Å². The topological polar surface area (TPSA) is 21.3 Å². The predicted molar refractivity (Wildman–Crippen MR) is 45.2 cm³/mol. The first-order valence-corrected chi connectivity index (χ1v) is 4.14. The number of ether oxygens (including phenoxy) is 1. The van der Waals surface area contributed by atoms with Crippen LogP contribution in [0.25, 0.3) is 0 Å². The van der Waals surface area contributed by atoms with Crippen LogP contribution in [0.5, 0.6) is 0 Å². The molecule has 0 unspecified atom stereocenters. The monoisotopic (exact) mass is 153 g/mol. The van der Waals surface area contributed by atoms with Crippen LogP contribution >= 0.6 is 0 Å². The minimum atomic E-state index is 0.581. The average molecular weight is 153 g/mol. The van der Waals surface area contributed by atoms with Gasteiger partial charge < -0.3 is 10.1 Å². The van der Waals surface area contributed by atoms with Crippen molar-refractivity contribution in [2.75, 3.05) is 26.8 Å². The zero-order valence-electron chi connectivity index (χ0n) is 7.02. The number of hydrogen-bond acceptors (Lipinski definition) is 2. The summed E-state index contributed by atoms with van der Waals surface area (Å²) < 4.78 is 5.22. The minimum absolute atomic E-state index is 0.581. The van der Waals surface area contributed by atoms with E-state index in [1.54, 1.807) is 0 Å². The normalized spacial score (nSPS) is 19.0. The Morgan fingerprint density at radius 1 is 1.45 bits per heavy atom. The van der Waals surface area contributed by atoms with Gasteiger partial charge in [0.15, 0.2) is 0 Å². The second kappa shape index (κ2) is 5.17. The van der Waals surface area contributed by atoms with Crippen LogP contribution in [0.3, 0.4) is 0 Å². The molecule has 1 saturated heterocycles. The first-order chi connectivity index (χ1) is 5.43. The van der Waals surface area contributed by atoms with E-state index in [0.717, 1.165) is 32.6 Å². The molecule has 0 atom stereocenters. The summed E-state index contributed by atoms with van der Waals surface area (Å²) in [5.74, 6) is 6.90. The molecule has 1 N–H and O–H groups in total. The number of rotatable bonds is 1. The molecular weight excluding hydrogens is 138 g/mol. The van der Waals surface area contributed by atoms with Crippen LogP contribution < -0.4 is 5.32 Å². The van der Waals surface area contributed by atoms with E-state index in [1.807, 2.05) is 7.05 Å². The van der Waals surface area contributed by atoms with Gasteiger partial charge in [-0.05, 0) is 19.9 Å². The molecule has 2 nitrogen and oxygen atoms in total. The summed E-state index contributed by atoms with van der Waals surface area (Å²) >= 11 is 0. The molecule has 1 aliphatic rings. The molecular formula is C9H15NO. The summed E-state index contributed by atoms with van der Waals surface area (Å²) in [6, 6.07) is 0. The van der Waals surface area contributed by atoms with Crippen molar-refractivity contribution in [2.45, 2.75) is 12.8 Å². The van der Waals surface area contributed by atoms with Gasteiger partial charge in [0.25, 0.3) is 0 Å². The van der Waals surface area contributed by atoms with Crippen LogP contribution in [0.15, 0.2) is 0 Å². The van der Waals surface area contributed by atoms with Crippen LogP contribution in [0.4, 0.5) is 0 Å². The Hall–Kier alpha value is -0.520. The molecule has 0 radical (unpaired) electrons. The van der Waals surface area contributed by atoms with E-state index in [4.69, 9.17) is 4.74 Å². The molecule has 2 heteroatoms. The van der Waals surface area contributed by atoms with Crippen LogP contribution in [0, 0.1) is 17.8 Å². The van der Waals surface area contributed by atoms with E-state index in [2.05, 4.69) is 17.2 Å². The van der Waals surface area contributed by atoms with Gasteiger partial charge in [-0.15, -0.1) is 0 Å². The van der Waals surface area contributed by atoms with Gasteiger partial charge in [-0.25, -0.2) is 0 Å². The summed E-state index contributed by atoms with van der Waals surface area (Å²) in [6.07, 6.45) is 2.22. The average Bonchev–Trinajstić information content (AvgIpc) is 2.07. The molecule has 0 saturated carbocycles. The Kier molecular flexibility index (Phi) is 4.03. The Morgan fingerprint density at radius 3 is 2.82 bits per heavy atom. The van der Waals surface area contributed by atoms with E-state index in [1.165, 1.54) is 0 Å². The lowest BCUT2D eigenvalue weighted by Gasteiger charge is -2.16. The lowest BCUT2D eigenvalue weighted by atomic mass is 10.0. The van der Waals surface area contributed by atoms with E-state index < -0.39 is 0 Å². The molecule has 0 aliphatic carbocycles. The van der Waals surface area contributed by atoms with Gasteiger partial charge in [-0.2, -0.15) is 0 Å². The molecule has 62 valence electrons. The Bertz CT molecular complexity index is 151. The van der Waals surface area contributed by atoms with E-state index in [-0.39, 0.29) is 0 Å². The zero-order chi connectivity index (χ0) is 7.94. The maximum absolute atomic E-state index is 5.22. The third kappa shape index (κ3) is 3.41. The summed E-state index contributed by atoms with van der Waals surface area (Å²) in [4.78, 5) is 0. The summed E-state index contributed by atoms with van der Waals surface area (Å²) in [5, 5.41) is 3.00. The van der Waals surface area contributed by atoms with Gasteiger partial charge in [0.1, 0.15) is 0 Å². The van der Waals surface area contributed by atoms with Crippen molar-refractivity contribution >= 4 is 0 Å². The molecule has 0 spiro atoms. The van der Waals surface area contributed by atoms with Crippen molar-refractivity contribution in [3.05, 3.63) is 0 Å². The van der Waals surface area contributed by atoms with Gasteiger partial charge in [0.05, 0.1) is 6.54 Å². The van der Waals surface area contributed by atoms with Crippen LogP contribution in [0.2, 0.25) is 0 Å². The fourth-order valence-corrected chi connectivity index (χ4v) is 1.13. The van der Waals surface area contributed by atoms with E-state index >= 15 is 0 Å². The van der Waals surface area contributed by atoms with Crippen LogP contribution in [-0.2, 0) is 4.74 Å². The Labute approximate surface area is 68.3 Å². The van der Waals surface area contributed by atoms with Crippen molar-refractivity contribution in [1.29, 1.82) is 0 Å². The van der Waals surface area contributed by atoms with Gasteiger partial charge >= 0.3 is 0 Å². The lowest BCUT2D eigenvalue weighted by Crippen LogP contribution is -2.14. The molecule has 1 heterocycles. The summed E-state index contributed by atoms with van der Waals surface area (Å²) in [7, 11) is 1.92. The zero-order valence-corrected chi connectivity index (χ0v) is 7.02. The quantitative estimate of drug-likeness (QED) is 0.558. The van der Waals surface area contributed by atoms with Crippen molar-refractivity contribution in [2.24, 2.45) is 5.92 Å². The predicted octanol–water partition coefficient (Wildman–Crippen LogP) is 0.636. The van der Waals surface area contributed by atoms with Crippen LogP contribution in [-0.4, -0.2) is 26.8 Å². The molecule has 0 aromatic carbocycles. The highest BCUT2D eigenvalue weighted by Crippen LogP contribution is 2.12. The molecule has 0 bridgehead atoms. The largest absolute Gasteiger partial charge is 0.381 e. The van der Waals surface area contributed by atoms with Crippen LogP contribution in [0.1, 0.15) is 12.8 Å². The first kappa shape index (κ1) is 8.58. The highest BCUT2D eigenvalue weighted by molar-refractivity contribution is 5.05.